The molecule has 0 aliphatic heterocycles. The SMILES string of the molecule is CCN(C(=O)c1cc(OC)cc(OC)c1)c1nc(-c2ccc(C)cc2)cs1. The smallest absolute Gasteiger partial charge is 0.260 e. The van der Waals surface area contributed by atoms with Crippen LogP contribution in [0.4, 0.5) is 5.13 Å². The molecule has 0 unspecified atom stereocenters. The van der Waals surface area contributed by atoms with E-state index in [-0.39, 0.29) is 5.91 Å². The fourth-order valence-electron chi connectivity index (χ4n) is 2.70. The van der Waals surface area contributed by atoms with E-state index < -0.39 is 0 Å². The second-order valence-electron chi connectivity index (χ2n) is 6.03. The summed E-state index contributed by atoms with van der Waals surface area (Å²) >= 11 is 1.46. The number of benzene rings is 2. The molecule has 0 aliphatic rings. The zero-order valence-corrected chi connectivity index (χ0v) is 16.7. The number of thiazole rings is 1. The Kier molecular flexibility index (Phi) is 5.76. The van der Waals surface area contributed by atoms with Crippen molar-refractivity contribution < 1.29 is 14.3 Å². The number of carbonyl (C=O) groups excluding carboxylic acids is 1. The summed E-state index contributed by atoms with van der Waals surface area (Å²) in [5.41, 5.74) is 3.60. The topological polar surface area (TPSA) is 51.7 Å². The molecule has 5 nitrogen and oxygen atoms in total. The summed E-state index contributed by atoms with van der Waals surface area (Å²) in [7, 11) is 3.13. The van der Waals surface area contributed by atoms with Gasteiger partial charge in [0.25, 0.3) is 5.91 Å². The molecule has 0 N–H and O–H groups in total. The van der Waals surface area contributed by atoms with Gasteiger partial charge in [-0.3, -0.25) is 9.69 Å². The van der Waals surface area contributed by atoms with Crippen molar-refractivity contribution in [1.82, 2.24) is 4.98 Å². The predicted octanol–water partition coefficient (Wildman–Crippen LogP) is 4.80. The number of nitrogens with zero attached hydrogens (tertiary/aromatic N) is 2. The maximum Gasteiger partial charge on any atom is 0.260 e. The van der Waals surface area contributed by atoms with E-state index in [0.717, 1.165) is 11.3 Å². The highest BCUT2D eigenvalue weighted by Crippen LogP contribution is 2.30. The van der Waals surface area contributed by atoms with Gasteiger partial charge in [0.15, 0.2) is 5.13 Å². The van der Waals surface area contributed by atoms with Crippen LogP contribution in [0, 0.1) is 6.92 Å². The van der Waals surface area contributed by atoms with Crippen molar-refractivity contribution in [3.63, 3.8) is 0 Å². The Balaban J connectivity index is 1.91. The highest BCUT2D eigenvalue weighted by Gasteiger charge is 2.21. The van der Waals surface area contributed by atoms with Crippen LogP contribution in [0.2, 0.25) is 0 Å². The van der Waals surface area contributed by atoms with Gasteiger partial charge in [-0.25, -0.2) is 4.98 Å². The van der Waals surface area contributed by atoms with Crippen molar-refractivity contribution in [2.24, 2.45) is 0 Å². The number of hydrogen-bond acceptors (Lipinski definition) is 5. The first-order chi connectivity index (χ1) is 13.0. The molecule has 0 bridgehead atoms. The molecule has 0 radical (unpaired) electrons. The summed E-state index contributed by atoms with van der Waals surface area (Å²) in [6, 6.07) is 13.4. The molecule has 0 saturated carbocycles. The maximum absolute atomic E-state index is 13.1. The lowest BCUT2D eigenvalue weighted by atomic mass is 10.1. The second-order valence-corrected chi connectivity index (χ2v) is 6.87. The average molecular weight is 382 g/mol. The molecule has 2 aromatic carbocycles. The van der Waals surface area contributed by atoms with E-state index in [1.54, 1.807) is 37.3 Å². The van der Waals surface area contributed by atoms with Crippen LogP contribution in [0.3, 0.4) is 0 Å². The number of rotatable bonds is 6. The van der Waals surface area contributed by atoms with Crippen molar-refractivity contribution in [1.29, 1.82) is 0 Å². The van der Waals surface area contributed by atoms with Crippen LogP contribution in [-0.4, -0.2) is 31.7 Å². The first-order valence-electron chi connectivity index (χ1n) is 8.63. The van der Waals surface area contributed by atoms with E-state index >= 15 is 0 Å². The number of aromatic nitrogens is 1. The zero-order chi connectivity index (χ0) is 19.4. The molecule has 0 atom stereocenters. The van der Waals surface area contributed by atoms with Gasteiger partial charge in [0.2, 0.25) is 0 Å². The largest absolute Gasteiger partial charge is 0.497 e. The number of anilines is 1. The molecule has 1 heterocycles. The highest BCUT2D eigenvalue weighted by molar-refractivity contribution is 7.14. The minimum atomic E-state index is -0.139. The van der Waals surface area contributed by atoms with Crippen molar-refractivity contribution in [3.05, 3.63) is 59.0 Å². The van der Waals surface area contributed by atoms with Gasteiger partial charge in [0, 0.05) is 29.1 Å². The molecule has 0 saturated heterocycles. The van der Waals surface area contributed by atoms with Gasteiger partial charge in [0.05, 0.1) is 19.9 Å². The van der Waals surface area contributed by atoms with Crippen LogP contribution in [-0.2, 0) is 0 Å². The summed E-state index contributed by atoms with van der Waals surface area (Å²) in [5, 5.41) is 2.64. The highest BCUT2D eigenvalue weighted by atomic mass is 32.1. The van der Waals surface area contributed by atoms with E-state index in [1.807, 2.05) is 24.4 Å². The number of methoxy groups -OCH3 is 2. The lowest BCUT2D eigenvalue weighted by molar-refractivity contribution is 0.0987. The molecular weight excluding hydrogens is 360 g/mol. The Morgan fingerprint density at radius 1 is 1.07 bits per heavy atom. The molecule has 140 valence electrons. The third-order valence-corrected chi connectivity index (χ3v) is 5.09. The minimum absolute atomic E-state index is 0.139. The number of amides is 1. The Morgan fingerprint density at radius 2 is 1.70 bits per heavy atom. The number of hydrogen-bond donors (Lipinski definition) is 0. The molecule has 0 fully saturated rings. The van der Waals surface area contributed by atoms with Gasteiger partial charge in [-0.1, -0.05) is 29.8 Å². The first-order valence-corrected chi connectivity index (χ1v) is 9.51. The molecule has 0 spiro atoms. The molecular formula is C21H22N2O3S. The summed E-state index contributed by atoms with van der Waals surface area (Å²) < 4.78 is 10.5. The molecule has 1 amide bonds. The van der Waals surface area contributed by atoms with Crippen molar-refractivity contribution >= 4 is 22.4 Å². The number of carbonyl (C=O) groups is 1. The Hall–Kier alpha value is -2.86. The molecule has 3 aromatic rings. The third-order valence-electron chi connectivity index (χ3n) is 4.23. The molecule has 1 aromatic heterocycles. The Morgan fingerprint density at radius 3 is 2.26 bits per heavy atom. The normalized spacial score (nSPS) is 10.5. The summed E-state index contributed by atoms with van der Waals surface area (Å²) in [6.45, 7) is 4.50. The molecule has 0 aliphatic carbocycles. The fraction of sp³-hybridized carbons (Fsp3) is 0.238. The minimum Gasteiger partial charge on any atom is -0.497 e. The molecule has 6 heteroatoms. The summed E-state index contributed by atoms with van der Waals surface area (Å²) in [5.74, 6) is 1.01. The van der Waals surface area contributed by atoms with Gasteiger partial charge < -0.3 is 9.47 Å². The van der Waals surface area contributed by atoms with Crippen molar-refractivity contribution in [2.45, 2.75) is 13.8 Å². The lowest BCUT2D eigenvalue weighted by Gasteiger charge is -2.18. The first kappa shape index (κ1) is 18.9. The Bertz CT molecular complexity index is 913. The maximum atomic E-state index is 13.1. The van der Waals surface area contributed by atoms with E-state index in [2.05, 4.69) is 24.0 Å². The van der Waals surface area contributed by atoms with Crippen LogP contribution in [0.15, 0.2) is 47.8 Å². The van der Waals surface area contributed by atoms with Crippen LogP contribution >= 0.6 is 11.3 Å². The van der Waals surface area contributed by atoms with Crippen LogP contribution in [0.5, 0.6) is 11.5 Å². The lowest BCUT2D eigenvalue weighted by Crippen LogP contribution is -2.30. The number of aryl methyl sites for hydroxylation is 1. The summed E-state index contributed by atoms with van der Waals surface area (Å²) in [4.78, 5) is 19.4. The third kappa shape index (κ3) is 4.11. The van der Waals surface area contributed by atoms with E-state index in [4.69, 9.17) is 9.47 Å². The molecule has 3 rings (SSSR count). The molecule has 27 heavy (non-hydrogen) atoms. The van der Waals surface area contributed by atoms with Gasteiger partial charge in [0.1, 0.15) is 11.5 Å². The van der Waals surface area contributed by atoms with Crippen LogP contribution in [0.25, 0.3) is 11.3 Å². The second kappa shape index (κ2) is 8.22. The van der Waals surface area contributed by atoms with Gasteiger partial charge in [-0.2, -0.15) is 0 Å². The quantitative estimate of drug-likeness (QED) is 0.614. The standard InChI is InChI=1S/C21H22N2O3S/c1-5-23(20(24)16-10-17(25-3)12-18(11-16)26-4)21-22-19(13-27-21)15-8-6-14(2)7-9-15/h6-13H,5H2,1-4H3. The van der Waals surface area contributed by atoms with Crippen molar-refractivity contribution in [3.8, 4) is 22.8 Å². The predicted molar refractivity (Wildman–Crippen MR) is 109 cm³/mol. The monoisotopic (exact) mass is 382 g/mol. The van der Waals surface area contributed by atoms with Gasteiger partial charge in [-0.15, -0.1) is 11.3 Å². The van der Waals surface area contributed by atoms with Gasteiger partial charge in [-0.05, 0) is 26.0 Å². The number of ether oxygens (including phenoxy) is 2. The van der Waals surface area contributed by atoms with E-state index in [1.165, 1.54) is 16.9 Å². The van der Waals surface area contributed by atoms with Gasteiger partial charge >= 0.3 is 0 Å². The van der Waals surface area contributed by atoms with Crippen molar-refractivity contribution in [2.75, 3.05) is 25.7 Å². The Labute approximate surface area is 163 Å². The van der Waals surface area contributed by atoms with Crippen LogP contribution < -0.4 is 14.4 Å². The van der Waals surface area contributed by atoms with E-state index in [9.17, 15) is 4.79 Å². The average Bonchev–Trinajstić information content (AvgIpc) is 3.18. The van der Waals surface area contributed by atoms with E-state index in [0.29, 0.717) is 28.7 Å². The zero-order valence-electron chi connectivity index (χ0n) is 15.9. The van der Waals surface area contributed by atoms with Crippen LogP contribution in [0.1, 0.15) is 22.8 Å². The fourth-order valence-corrected chi connectivity index (χ4v) is 3.59. The summed E-state index contributed by atoms with van der Waals surface area (Å²) in [6.07, 6.45) is 0.